The summed E-state index contributed by atoms with van der Waals surface area (Å²) in [6.45, 7) is 6.48. The maximum absolute atomic E-state index is 8.66. The molecule has 0 bridgehead atoms. The molecule has 0 spiro atoms. The van der Waals surface area contributed by atoms with Crippen LogP contribution in [0.2, 0.25) is 0 Å². The molecule has 0 aliphatic rings. The topological polar surface area (TPSA) is 36.7 Å². The van der Waals surface area contributed by atoms with Gasteiger partial charge in [-0.2, -0.15) is 5.26 Å². The minimum atomic E-state index is 0.513. The first-order chi connectivity index (χ1) is 6.67. The number of hydrogen-bond donors (Lipinski definition) is 0. The molecule has 0 aliphatic carbocycles. The lowest BCUT2D eigenvalue weighted by molar-refractivity contribution is 0.643. The molecule has 0 amide bonds. The fraction of sp³-hybridized carbons (Fsp3) is 0.636. The molecule has 1 aromatic heterocycles. The molecule has 76 valence electrons. The molecule has 2 nitrogen and oxygen atoms in total. The van der Waals surface area contributed by atoms with E-state index in [4.69, 9.17) is 5.26 Å². The zero-order valence-corrected chi connectivity index (χ0v) is 9.82. The lowest BCUT2D eigenvalue weighted by Gasteiger charge is -1.98. The SMILES string of the molecule is CCc1nc(CC(C)C)sc1CC#N. The Kier molecular flexibility index (Phi) is 4.09. The smallest absolute Gasteiger partial charge is 0.0934 e. The van der Waals surface area contributed by atoms with Crippen LogP contribution >= 0.6 is 11.3 Å². The van der Waals surface area contributed by atoms with E-state index in [1.807, 2.05) is 0 Å². The molecule has 1 aromatic rings. The van der Waals surface area contributed by atoms with Crippen LogP contribution in [0, 0.1) is 17.2 Å². The number of hydrogen-bond acceptors (Lipinski definition) is 3. The van der Waals surface area contributed by atoms with Gasteiger partial charge in [0.25, 0.3) is 0 Å². The van der Waals surface area contributed by atoms with Crippen LogP contribution in [-0.4, -0.2) is 4.98 Å². The van der Waals surface area contributed by atoms with Crippen molar-refractivity contribution in [2.24, 2.45) is 5.92 Å². The summed E-state index contributed by atoms with van der Waals surface area (Å²) < 4.78 is 0. The number of thiazole rings is 1. The van der Waals surface area contributed by atoms with Crippen LogP contribution < -0.4 is 0 Å². The zero-order valence-electron chi connectivity index (χ0n) is 9.00. The average Bonchev–Trinajstić information content (AvgIpc) is 2.47. The Balaban J connectivity index is 2.84. The van der Waals surface area contributed by atoms with Gasteiger partial charge in [0.15, 0.2) is 0 Å². The first-order valence-corrected chi connectivity index (χ1v) is 5.83. The molecular formula is C11H16N2S. The predicted octanol–water partition coefficient (Wildman–Crippen LogP) is 2.97. The van der Waals surface area contributed by atoms with Gasteiger partial charge >= 0.3 is 0 Å². The van der Waals surface area contributed by atoms with E-state index in [2.05, 4.69) is 31.8 Å². The van der Waals surface area contributed by atoms with Crippen LogP contribution in [0.5, 0.6) is 0 Å². The fourth-order valence-electron chi connectivity index (χ4n) is 1.36. The monoisotopic (exact) mass is 208 g/mol. The zero-order chi connectivity index (χ0) is 10.6. The third-order valence-electron chi connectivity index (χ3n) is 1.98. The largest absolute Gasteiger partial charge is 0.246 e. The summed E-state index contributed by atoms with van der Waals surface area (Å²) in [4.78, 5) is 5.71. The lowest BCUT2D eigenvalue weighted by atomic mass is 10.1. The molecule has 3 heteroatoms. The van der Waals surface area contributed by atoms with Crippen molar-refractivity contribution in [3.63, 3.8) is 0 Å². The second-order valence-corrected chi connectivity index (χ2v) is 4.93. The van der Waals surface area contributed by atoms with Gasteiger partial charge in [-0.25, -0.2) is 4.98 Å². The molecule has 0 N–H and O–H groups in total. The average molecular weight is 208 g/mol. The Morgan fingerprint density at radius 1 is 1.50 bits per heavy atom. The van der Waals surface area contributed by atoms with Crippen LogP contribution in [0.3, 0.4) is 0 Å². The molecular weight excluding hydrogens is 192 g/mol. The van der Waals surface area contributed by atoms with E-state index < -0.39 is 0 Å². The van der Waals surface area contributed by atoms with Crippen molar-refractivity contribution in [1.29, 1.82) is 5.26 Å². The molecule has 0 unspecified atom stereocenters. The second-order valence-electron chi connectivity index (χ2n) is 3.76. The maximum Gasteiger partial charge on any atom is 0.0934 e. The summed E-state index contributed by atoms with van der Waals surface area (Å²) in [6, 6.07) is 2.20. The normalized spacial score (nSPS) is 10.5. The Bertz CT molecular complexity index is 334. The minimum absolute atomic E-state index is 0.513. The molecule has 1 rings (SSSR count). The van der Waals surface area contributed by atoms with Gasteiger partial charge in [-0.05, 0) is 12.3 Å². The standard InChI is InChI=1S/C11H16N2S/c1-4-9-10(5-6-12)14-11(13-9)7-8(2)3/h8H,4-5,7H2,1-3H3. The van der Waals surface area contributed by atoms with Gasteiger partial charge in [-0.3, -0.25) is 0 Å². The quantitative estimate of drug-likeness (QED) is 0.762. The van der Waals surface area contributed by atoms with Crippen LogP contribution in [-0.2, 0) is 19.3 Å². The van der Waals surface area contributed by atoms with Crippen molar-refractivity contribution in [1.82, 2.24) is 4.98 Å². The van der Waals surface area contributed by atoms with Gasteiger partial charge < -0.3 is 0 Å². The highest BCUT2D eigenvalue weighted by Gasteiger charge is 2.10. The number of nitrogens with zero attached hydrogens (tertiary/aromatic N) is 2. The summed E-state index contributed by atoms with van der Waals surface area (Å²) in [7, 11) is 0. The van der Waals surface area contributed by atoms with Gasteiger partial charge in [0.05, 0.1) is 23.2 Å². The summed E-state index contributed by atoms with van der Waals surface area (Å²) in [5, 5.41) is 9.84. The van der Waals surface area contributed by atoms with E-state index in [1.54, 1.807) is 11.3 Å². The predicted molar refractivity (Wildman–Crippen MR) is 59.4 cm³/mol. The summed E-state index contributed by atoms with van der Waals surface area (Å²) in [5.74, 6) is 0.640. The fourth-order valence-corrected chi connectivity index (χ4v) is 2.66. The van der Waals surface area contributed by atoms with E-state index in [1.165, 1.54) is 5.01 Å². The van der Waals surface area contributed by atoms with E-state index >= 15 is 0 Å². The van der Waals surface area contributed by atoms with Gasteiger partial charge in [0.1, 0.15) is 0 Å². The molecule has 0 atom stereocenters. The van der Waals surface area contributed by atoms with Crippen molar-refractivity contribution in [3.05, 3.63) is 15.6 Å². The van der Waals surface area contributed by atoms with Gasteiger partial charge in [-0.1, -0.05) is 20.8 Å². The molecule has 0 saturated carbocycles. The number of aryl methyl sites for hydroxylation is 1. The molecule has 0 aliphatic heterocycles. The Morgan fingerprint density at radius 2 is 2.21 bits per heavy atom. The van der Waals surface area contributed by atoms with Crippen LogP contribution in [0.4, 0.5) is 0 Å². The summed E-state index contributed by atoms with van der Waals surface area (Å²) in [6.07, 6.45) is 2.48. The van der Waals surface area contributed by atoms with Crippen molar-refractivity contribution >= 4 is 11.3 Å². The highest BCUT2D eigenvalue weighted by molar-refractivity contribution is 7.11. The van der Waals surface area contributed by atoms with E-state index in [9.17, 15) is 0 Å². The van der Waals surface area contributed by atoms with Crippen molar-refractivity contribution < 1.29 is 0 Å². The van der Waals surface area contributed by atoms with E-state index in [0.717, 1.165) is 23.4 Å². The van der Waals surface area contributed by atoms with Crippen LogP contribution in [0.1, 0.15) is 36.3 Å². The maximum atomic E-state index is 8.66. The van der Waals surface area contributed by atoms with E-state index in [-0.39, 0.29) is 0 Å². The highest BCUT2D eigenvalue weighted by atomic mass is 32.1. The Hall–Kier alpha value is -0.880. The molecule has 0 fully saturated rings. The van der Waals surface area contributed by atoms with Gasteiger partial charge in [0, 0.05) is 11.3 Å². The van der Waals surface area contributed by atoms with Crippen molar-refractivity contribution in [3.8, 4) is 6.07 Å². The molecule has 0 radical (unpaired) electrons. The number of rotatable bonds is 4. The van der Waals surface area contributed by atoms with Crippen LogP contribution in [0.15, 0.2) is 0 Å². The van der Waals surface area contributed by atoms with Gasteiger partial charge in [-0.15, -0.1) is 11.3 Å². The summed E-state index contributed by atoms with van der Waals surface area (Å²) in [5.41, 5.74) is 1.12. The lowest BCUT2D eigenvalue weighted by Crippen LogP contribution is -1.93. The Labute approximate surface area is 89.6 Å². The molecule has 0 saturated heterocycles. The minimum Gasteiger partial charge on any atom is -0.246 e. The summed E-state index contributed by atoms with van der Waals surface area (Å²) >= 11 is 1.70. The van der Waals surface area contributed by atoms with Crippen molar-refractivity contribution in [2.45, 2.75) is 40.0 Å². The van der Waals surface area contributed by atoms with E-state index in [0.29, 0.717) is 12.3 Å². The first-order valence-electron chi connectivity index (χ1n) is 5.01. The highest BCUT2D eigenvalue weighted by Crippen LogP contribution is 2.21. The van der Waals surface area contributed by atoms with Gasteiger partial charge in [0.2, 0.25) is 0 Å². The first kappa shape index (κ1) is 11.2. The molecule has 14 heavy (non-hydrogen) atoms. The third kappa shape index (κ3) is 2.81. The Morgan fingerprint density at radius 3 is 2.71 bits per heavy atom. The third-order valence-corrected chi connectivity index (χ3v) is 3.10. The van der Waals surface area contributed by atoms with Crippen LogP contribution in [0.25, 0.3) is 0 Å². The molecule has 1 heterocycles. The molecule has 0 aromatic carbocycles. The second kappa shape index (κ2) is 5.11. The van der Waals surface area contributed by atoms with Crippen molar-refractivity contribution in [2.75, 3.05) is 0 Å². The number of nitriles is 1. The number of aromatic nitrogens is 1.